The highest BCUT2D eigenvalue weighted by molar-refractivity contribution is 5.94. The van der Waals surface area contributed by atoms with Crippen molar-refractivity contribution in [2.24, 2.45) is 0 Å². The molecule has 2 aromatic carbocycles. The fraction of sp³-hybridized carbons (Fsp3) is 0.250. The molecule has 0 bridgehead atoms. The van der Waals surface area contributed by atoms with E-state index < -0.39 is 0 Å². The Labute approximate surface area is 190 Å². The molecule has 0 saturated heterocycles. The third kappa shape index (κ3) is 4.72. The van der Waals surface area contributed by atoms with Crippen molar-refractivity contribution in [3.05, 3.63) is 82.0 Å². The third-order valence-corrected chi connectivity index (χ3v) is 5.35. The van der Waals surface area contributed by atoms with Gasteiger partial charge in [0, 0.05) is 12.1 Å². The molecule has 33 heavy (non-hydrogen) atoms. The predicted molar refractivity (Wildman–Crippen MR) is 124 cm³/mol. The van der Waals surface area contributed by atoms with Crippen LogP contribution in [-0.4, -0.2) is 46.0 Å². The zero-order valence-electron chi connectivity index (χ0n) is 18.7. The van der Waals surface area contributed by atoms with Crippen LogP contribution in [0.4, 0.5) is 0 Å². The smallest absolute Gasteiger partial charge is 0.264 e. The molecule has 2 heterocycles. The van der Waals surface area contributed by atoms with Crippen LogP contribution in [0.2, 0.25) is 0 Å². The summed E-state index contributed by atoms with van der Waals surface area (Å²) in [7, 11) is 3.06. The van der Waals surface area contributed by atoms with Gasteiger partial charge in [-0.2, -0.15) is 5.10 Å². The first kappa shape index (κ1) is 22.1. The number of fused-ring (bicyclic) bond motifs is 1. The SMILES string of the molecule is COc1ccc(C(=O)NCCn2ncc3c(=O)n(Cc4ccc(C)cc4)cnc32)cc1OC. The first-order valence-electron chi connectivity index (χ1n) is 10.5. The van der Waals surface area contributed by atoms with Crippen LogP contribution in [-0.2, 0) is 13.1 Å². The minimum atomic E-state index is -0.249. The third-order valence-electron chi connectivity index (χ3n) is 5.35. The van der Waals surface area contributed by atoms with Gasteiger partial charge in [0.2, 0.25) is 0 Å². The molecule has 4 aromatic rings. The van der Waals surface area contributed by atoms with E-state index in [0.717, 1.165) is 5.56 Å². The van der Waals surface area contributed by atoms with Gasteiger partial charge in [-0.05, 0) is 30.7 Å². The van der Waals surface area contributed by atoms with Crippen LogP contribution in [0.25, 0.3) is 11.0 Å². The molecule has 0 atom stereocenters. The number of nitrogens with zero attached hydrogens (tertiary/aromatic N) is 4. The molecule has 1 amide bonds. The van der Waals surface area contributed by atoms with E-state index in [9.17, 15) is 9.59 Å². The van der Waals surface area contributed by atoms with Gasteiger partial charge >= 0.3 is 0 Å². The number of aryl methyl sites for hydroxylation is 1. The van der Waals surface area contributed by atoms with E-state index in [4.69, 9.17) is 9.47 Å². The molecule has 0 unspecified atom stereocenters. The summed E-state index contributed by atoms with van der Waals surface area (Å²) in [6.45, 7) is 3.15. The zero-order chi connectivity index (χ0) is 23.4. The molecule has 9 heteroatoms. The highest BCUT2D eigenvalue weighted by Crippen LogP contribution is 2.27. The Bertz CT molecular complexity index is 1340. The van der Waals surface area contributed by atoms with Crippen LogP contribution < -0.4 is 20.3 Å². The maximum Gasteiger partial charge on any atom is 0.264 e. The average Bonchev–Trinajstić information content (AvgIpc) is 3.25. The molecule has 9 nitrogen and oxygen atoms in total. The Kier molecular flexibility index (Phi) is 6.39. The summed E-state index contributed by atoms with van der Waals surface area (Å²) in [6, 6.07) is 13.0. The van der Waals surface area contributed by atoms with E-state index in [1.807, 2.05) is 31.2 Å². The number of hydrogen-bond donors (Lipinski definition) is 1. The number of methoxy groups -OCH3 is 2. The van der Waals surface area contributed by atoms with Gasteiger partial charge in [-0.1, -0.05) is 29.8 Å². The van der Waals surface area contributed by atoms with Crippen LogP contribution in [0.5, 0.6) is 11.5 Å². The Hall–Kier alpha value is -4.14. The van der Waals surface area contributed by atoms with E-state index in [2.05, 4.69) is 15.4 Å². The molecule has 0 aliphatic heterocycles. The first-order valence-corrected chi connectivity index (χ1v) is 10.5. The second-order valence-electron chi connectivity index (χ2n) is 7.59. The van der Waals surface area contributed by atoms with Gasteiger partial charge in [0.05, 0.1) is 33.5 Å². The molecule has 0 aliphatic rings. The predicted octanol–water partition coefficient (Wildman–Crippen LogP) is 2.40. The highest BCUT2D eigenvalue weighted by atomic mass is 16.5. The summed E-state index contributed by atoms with van der Waals surface area (Å²) < 4.78 is 13.6. The van der Waals surface area contributed by atoms with Crippen LogP contribution in [0.3, 0.4) is 0 Å². The molecule has 0 radical (unpaired) electrons. The molecule has 0 spiro atoms. The Morgan fingerprint density at radius 2 is 1.82 bits per heavy atom. The van der Waals surface area contributed by atoms with Gasteiger partial charge in [0.1, 0.15) is 11.7 Å². The van der Waals surface area contributed by atoms with Gasteiger partial charge in [0.15, 0.2) is 17.1 Å². The number of ether oxygens (including phenoxy) is 2. The number of rotatable bonds is 8. The van der Waals surface area contributed by atoms with Crippen LogP contribution >= 0.6 is 0 Å². The lowest BCUT2D eigenvalue weighted by atomic mass is 10.1. The van der Waals surface area contributed by atoms with E-state index in [1.165, 1.54) is 32.3 Å². The van der Waals surface area contributed by atoms with Crippen LogP contribution in [0.15, 0.2) is 59.8 Å². The summed E-state index contributed by atoms with van der Waals surface area (Å²) in [5.41, 5.74) is 2.98. The lowest BCUT2D eigenvalue weighted by Gasteiger charge is -2.10. The average molecular weight is 447 g/mol. The first-order chi connectivity index (χ1) is 16.0. The van der Waals surface area contributed by atoms with E-state index in [1.54, 1.807) is 27.4 Å². The Balaban J connectivity index is 1.43. The van der Waals surface area contributed by atoms with Crippen molar-refractivity contribution < 1.29 is 14.3 Å². The second kappa shape index (κ2) is 9.56. The standard InChI is InChI=1S/C24H25N5O4/c1-16-4-6-17(7-5-16)14-28-15-26-22-19(24(28)31)13-27-29(22)11-10-25-23(30)18-8-9-20(32-2)21(12-18)33-3/h4-9,12-13,15H,10-11,14H2,1-3H3,(H,25,30). The quantitative estimate of drug-likeness (QED) is 0.445. The van der Waals surface area contributed by atoms with E-state index in [-0.39, 0.29) is 11.5 Å². The summed E-state index contributed by atoms with van der Waals surface area (Å²) in [5.74, 6) is 0.784. The van der Waals surface area contributed by atoms with Gasteiger partial charge in [-0.15, -0.1) is 0 Å². The summed E-state index contributed by atoms with van der Waals surface area (Å²) >= 11 is 0. The molecule has 170 valence electrons. The van der Waals surface area contributed by atoms with Gasteiger partial charge in [-0.25, -0.2) is 9.67 Å². The van der Waals surface area contributed by atoms with E-state index in [0.29, 0.717) is 47.7 Å². The lowest BCUT2D eigenvalue weighted by Crippen LogP contribution is -2.27. The van der Waals surface area contributed by atoms with Crippen LogP contribution in [0.1, 0.15) is 21.5 Å². The van der Waals surface area contributed by atoms with Gasteiger partial charge < -0.3 is 14.8 Å². The zero-order valence-corrected chi connectivity index (χ0v) is 18.7. The summed E-state index contributed by atoms with van der Waals surface area (Å²) in [5, 5.41) is 7.58. The number of hydrogen-bond acceptors (Lipinski definition) is 6. The van der Waals surface area contributed by atoms with Crippen molar-refractivity contribution in [2.45, 2.75) is 20.0 Å². The number of benzene rings is 2. The largest absolute Gasteiger partial charge is 0.493 e. The topological polar surface area (TPSA) is 100 Å². The van der Waals surface area contributed by atoms with Crippen molar-refractivity contribution in [1.29, 1.82) is 0 Å². The maximum absolute atomic E-state index is 12.9. The Morgan fingerprint density at radius 3 is 2.55 bits per heavy atom. The number of carbonyl (C=O) groups excluding carboxylic acids is 1. The van der Waals surface area contributed by atoms with Gasteiger partial charge in [-0.3, -0.25) is 14.2 Å². The number of aromatic nitrogens is 4. The molecule has 4 rings (SSSR count). The molecule has 2 aromatic heterocycles. The van der Waals surface area contributed by atoms with Crippen molar-refractivity contribution >= 4 is 16.9 Å². The van der Waals surface area contributed by atoms with Crippen LogP contribution in [0, 0.1) is 6.92 Å². The minimum Gasteiger partial charge on any atom is -0.493 e. The van der Waals surface area contributed by atoms with E-state index >= 15 is 0 Å². The number of amides is 1. The van der Waals surface area contributed by atoms with Gasteiger partial charge in [0.25, 0.3) is 11.5 Å². The molecule has 0 fully saturated rings. The molecule has 0 saturated carbocycles. The second-order valence-corrected chi connectivity index (χ2v) is 7.59. The summed E-state index contributed by atoms with van der Waals surface area (Å²) in [4.78, 5) is 29.8. The maximum atomic E-state index is 12.9. The van der Waals surface area contributed by atoms with Crippen molar-refractivity contribution in [2.75, 3.05) is 20.8 Å². The minimum absolute atomic E-state index is 0.152. The molecule has 0 aliphatic carbocycles. The van der Waals surface area contributed by atoms with Crippen molar-refractivity contribution in [3.8, 4) is 11.5 Å². The monoisotopic (exact) mass is 447 g/mol. The normalized spacial score (nSPS) is 10.9. The molecule has 1 N–H and O–H groups in total. The number of carbonyl (C=O) groups is 1. The summed E-state index contributed by atoms with van der Waals surface area (Å²) in [6.07, 6.45) is 3.05. The fourth-order valence-electron chi connectivity index (χ4n) is 3.52. The Morgan fingerprint density at radius 1 is 1.06 bits per heavy atom. The molecular formula is C24H25N5O4. The molecular weight excluding hydrogens is 422 g/mol. The fourth-order valence-corrected chi connectivity index (χ4v) is 3.52. The number of nitrogens with one attached hydrogen (secondary N) is 1. The lowest BCUT2D eigenvalue weighted by molar-refractivity contribution is 0.0951. The highest BCUT2D eigenvalue weighted by Gasteiger charge is 2.13. The van der Waals surface area contributed by atoms with Crippen molar-refractivity contribution in [3.63, 3.8) is 0 Å². The van der Waals surface area contributed by atoms with Crippen molar-refractivity contribution in [1.82, 2.24) is 24.6 Å².